The predicted molar refractivity (Wildman–Crippen MR) is 7.13 cm³/mol. The molecule has 0 aromatic rings. The minimum absolute atomic E-state index is 0. The van der Waals surface area contributed by atoms with Gasteiger partial charge in [0.1, 0.15) is 0 Å². The van der Waals surface area contributed by atoms with E-state index in [-0.39, 0.29) is 82.4 Å². The first-order valence-electron chi connectivity index (χ1n) is 0. The molecule has 0 saturated heterocycles. The van der Waals surface area contributed by atoms with Gasteiger partial charge in [-0.1, -0.05) is 0 Å². The molecule has 0 bridgehead atoms. The van der Waals surface area contributed by atoms with Crippen LogP contribution in [0.5, 0.6) is 0 Å². The summed E-state index contributed by atoms with van der Waals surface area (Å²) in [6, 6.07) is 0. The average molecular weight is 86.2 g/mol. The van der Waals surface area contributed by atoms with Crippen LogP contribution in [0.2, 0.25) is 0 Å². The van der Waals surface area contributed by atoms with E-state index in [1.807, 2.05) is 0 Å². The van der Waals surface area contributed by atoms with Crippen LogP contribution in [0.15, 0.2) is 0 Å². The van der Waals surface area contributed by atoms with Gasteiger partial charge in [0.2, 0.25) is 0 Å². The molecule has 16 valence electrons. The van der Waals surface area contributed by atoms with Crippen molar-refractivity contribution in [1.29, 1.82) is 0 Å². The Morgan fingerprint density at radius 1 is 0.800 bits per heavy atom. The van der Waals surface area contributed by atoms with Crippen molar-refractivity contribution in [1.82, 2.24) is 0 Å². The van der Waals surface area contributed by atoms with Crippen molar-refractivity contribution in [3.8, 4) is 0 Å². The number of hydrogen-bond acceptors (Lipinski definition) is 0. The zero-order valence-corrected chi connectivity index (χ0v) is 6.94. The summed E-state index contributed by atoms with van der Waals surface area (Å²) >= 11 is 0. The van der Waals surface area contributed by atoms with Crippen LogP contribution in [0.25, 0.3) is 0 Å². The smallest absolute Gasteiger partial charge is 2.00 e. The van der Waals surface area contributed by atoms with Crippen molar-refractivity contribution in [2.24, 2.45) is 0 Å². The summed E-state index contributed by atoms with van der Waals surface area (Å²) in [6.45, 7) is 0. The molecule has 0 rings (SSSR count). The van der Waals surface area contributed by atoms with Gasteiger partial charge in [0.25, 0.3) is 0 Å². The Morgan fingerprint density at radius 3 is 0.800 bits per heavy atom. The van der Waals surface area contributed by atoms with Gasteiger partial charge in [-0.3, -0.25) is 0 Å². The molecule has 0 heterocycles. The van der Waals surface area contributed by atoms with Gasteiger partial charge < -0.3 is 11.0 Å². The zero-order chi connectivity index (χ0) is 0. The Morgan fingerprint density at radius 2 is 0.800 bits per heavy atom. The zero-order valence-electron chi connectivity index (χ0n) is 3.52. The van der Waals surface area contributed by atoms with Crippen molar-refractivity contribution < 1.29 is 59.4 Å². The molecule has 0 spiro atoms. The van der Waals surface area contributed by atoms with Crippen molar-refractivity contribution in [2.75, 3.05) is 0 Å². The average Bonchev–Trinajstić information content (AvgIpc) is 0. The molecule has 0 radical (unpaired) electrons. The summed E-state index contributed by atoms with van der Waals surface area (Å²) in [5, 5.41) is 0. The fourth-order valence-corrected chi connectivity index (χ4v) is 0. The first kappa shape index (κ1) is 55.1. The molecule has 2 nitrogen and oxygen atoms in total. The van der Waals surface area contributed by atoms with Crippen molar-refractivity contribution >= 4 is 23.1 Å². The van der Waals surface area contributed by atoms with E-state index < -0.39 is 0 Å². The quantitative estimate of drug-likeness (QED) is 0.263. The van der Waals surface area contributed by atoms with Crippen LogP contribution >= 0.6 is 0 Å². The molecule has 0 aliphatic heterocycles. The van der Waals surface area contributed by atoms with Gasteiger partial charge in [0.05, 0.1) is 0 Å². The third-order valence-corrected chi connectivity index (χ3v) is 0. The van der Waals surface area contributed by atoms with E-state index >= 15 is 0 Å². The van der Waals surface area contributed by atoms with E-state index in [0.717, 1.165) is 0 Å². The topological polar surface area (TPSA) is 57.0 Å². The normalized spacial score (nSPS) is 0. The van der Waals surface area contributed by atoms with Gasteiger partial charge in [0.15, 0.2) is 0 Å². The van der Waals surface area contributed by atoms with E-state index in [2.05, 4.69) is 0 Å². The van der Waals surface area contributed by atoms with Gasteiger partial charge in [-0.25, -0.2) is 0 Å². The second-order valence-electron chi connectivity index (χ2n) is 0. The first-order chi connectivity index (χ1) is 0. The Labute approximate surface area is 81.3 Å². The summed E-state index contributed by atoms with van der Waals surface area (Å²) in [7, 11) is 0. The summed E-state index contributed by atoms with van der Waals surface area (Å²) < 4.78 is 0. The van der Waals surface area contributed by atoms with Crippen LogP contribution in [0.4, 0.5) is 0 Å². The maximum Gasteiger partial charge on any atom is 2.00 e. The Hall–Kier alpha value is 2.28. The second-order valence-corrected chi connectivity index (χ2v) is 0. The van der Waals surface area contributed by atoms with Crippen LogP contribution in [0.1, 0.15) is 0 Å². The van der Waals surface area contributed by atoms with E-state index in [1.165, 1.54) is 0 Å². The molecular weight excluding hydrogens is 86.2 g/mol. The molecule has 0 fully saturated rings. The molecule has 0 saturated carbocycles. The van der Waals surface area contributed by atoms with Crippen molar-refractivity contribution in [3.05, 3.63) is 0 Å². The summed E-state index contributed by atoms with van der Waals surface area (Å²) in [5.41, 5.74) is 0. The summed E-state index contributed by atoms with van der Waals surface area (Å²) in [6.07, 6.45) is 0. The largest absolute Gasteiger partial charge is 2.00 e. The Kier molecular flexibility index (Phi) is 371. The fraction of sp³-hybridized carbons (Fsp3) is 0. The SMILES string of the molecule is [Li+].[Mg+2].[Na+].[O-2].[O-2]. The van der Waals surface area contributed by atoms with E-state index in [1.54, 1.807) is 0 Å². The van der Waals surface area contributed by atoms with E-state index in [9.17, 15) is 0 Å². The van der Waals surface area contributed by atoms with Crippen LogP contribution in [0, 0.1) is 0 Å². The second kappa shape index (κ2) is 33.6. The molecule has 5 heteroatoms. The maximum atomic E-state index is 0. The van der Waals surface area contributed by atoms with E-state index in [0.29, 0.717) is 0 Å². The summed E-state index contributed by atoms with van der Waals surface area (Å²) in [4.78, 5) is 0. The van der Waals surface area contributed by atoms with Crippen molar-refractivity contribution in [3.63, 3.8) is 0 Å². The van der Waals surface area contributed by atoms with E-state index in [4.69, 9.17) is 0 Å². The van der Waals surface area contributed by atoms with Crippen LogP contribution < -0.4 is 48.4 Å². The maximum absolute atomic E-state index is 0. The molecular formula is LiMgNaO2. The van der Waals surface area contributed by atoms with Gasteiger partial charge in [-0.2, -0.15) is 0 Å². The number of rotatable bonds is 0. The predicted octanol–water partition coefficient (Wildman–Crippen LogP) is -6.61. The molecule has 0 amide bonds. The standard InChI is InChI=1S/Li.Mg.Na.2O/q+1;+2;+1;2*-2. The molecule has 0 N–H and O–H groups in total. The van der Waals surface area contributed by atoms with Crippen LogP contribution in [-0.4, -0.2) is 23.1 Å². The Balaban J connectivity index is 0. The molecule has 0 aromatic carbocycles. The third kappa shape index (κ3) is 22.1. The van der Waals surface area contributed by atoms with Crippen LogP contribution in [-0.2, 0) is 11.0 Å². The molecule has 5 heavy (non-hydrogen) atoms. The van der Waals surface area contributed by atoms with Gasteiger partial charge in [-0.15, -0.1) is 0 Å². The summed E-state index contributed by atoms with van der Waals surface area (Å²) in [5.74, 6) is 0. The first-order valence-corrected chi connectivity index (χ1v) is 0. The molecule has 0 atom stereocenters. The number of hydrogen-bond donors (Lipinski definition) is 0. The molecule has 0 aliphatic carbocycles. The van der Waals surface area contributed by atoms with Gasteiger partial charge >= 0.3 is 71.5 Å². The molecule has 0 unspecified atom stereocenters. The third-order valence-electron chi connectivity index (χ3n) is 0. The monoisotopic (exact) mass is 86.0 g/mol. The van der Waals surface area contributed by atoms with Gasteiger partial charge in [-0.05, 0) is 0 Å². The molecule has 0 aromatic heterocycles. The Bertz CT molecular complexity index is 9.61. The van der Waals surface area contributed by atoms with Crippen molar-refractivity contribution in [2.45, 2.75) is 0 Å². The fourth-order valence-electron chi connectivity index (χ4n) is 0. The minimum atomic E-state index is 0. The van der Waals surface area contributed by atoms with Crippen LogP contribution in [0.3, 0.4) is 0 Å². The van der Waals surface area contributed by atoms with Gasteiger partial charge in [0, 0.05) is 0 Å². The molecule has 0 aliphatic rings. The minimum Gasteiger partial charge on any atom is -2.00 e.